The second kappa shape index (κ2) is 7.79. The van der Waals surface area contributed by atoms with Crippen molar-refractivity contribution in [2.75, 3.05) is 6.54 Å². The van der Waals surface area contributed by atoms with Gasteiger partial charge in [-0.1, -0.05) is 25.5 Å². The number of aliphatic hydroxyl groups excluding tert-OH is 1. The van der Waals surface area contributed by atoms with Crippen molar-refractivity contribution in [1.82, 2.24) is 5.32 Å². The van der Waals surface area contributed by atoms with Crippen LogP contribution >= 0.6 is 0 Å². The highest BCUT2D eigenvalue weighted by Crippen LogP contribution is 2.19. The molecule has 0 heterocycles. The number of rotatable bonds is 7. The Bertz CT molecular complexity index is 404. The van der Waals surface area contributed by atoms with Crippen molar-refractivity contribution in [3.63, 3.8) is 0 Å². The van der Waals surface area contributed by atoms with E-state index in [1.54, 1.807) is 32.0 Å². The van der Waals surface area contributed by atoms with Crippen LogP contribution in [-0.4, -0.2) is 23.7 Å². The number of hydrogen-bond donors (Lipinski definition) is 2. The van der Waals surface area contributed by atoms with E-state index in [4.69, 9.17) is 4.74 Å². The summed E-state index contributed by atoms with van der Waals surface area (Å²) in [6, 6.07) is 7.16. The van der Waals surface area contributed by atoms with Crippen LogP contribution < -0.4 is 10.1 Å². The lowest BCUT2D eigenvalue weighted by atomic mass is 10.1. The molecule has 1 aromatic rings. The molecule has 4 heteroatoms. The molecule has 1 aromatic carbocycles. The van der Waals surface area contributed by atoms with E-state index < -0.39 is 12.2 Å². The van der Waals surface area contributed by atoms with Gasteiger partial charge >= 0.3 is 0 Å². The molecule has 0 aliphatic carbocycles. The summed E-state index contributed by atoms with van der Waals surface area (Å²) in [5.74, 6) is 0.479. The highest BCUT2D eigenvalue weighted by atomic mass is 16.5. The van der Waals surface area contributed by atoms with E-state index >= 15 is 0 Å². The summed E-state index contributed by atoms with van der Waals surface area (Å²) in [5.41, 5.74) is 0.774. The highest BCUT2D eigenvalue weighted by molar-refractivity contribution is 5.80. The van der Waals surface area contributed by atoms with Crippen LogP contribution in [0.4, 0.5) is 0 Å². The fourth-order valence-electron chi connectivity index (χ4n) is 1.64. The van der Waals surface area contributed by atoms with E-state index in [-0.39, 0.29) is 5.91 Å². The summed E-state index contributed by atoms with van der Waals surface area (Å²) in [6.07, 6.45) is 0.931. The lowest BCUT2D eigenvalue weighted by Gasteiger charge is -2.15. The van der Waals surface area contributed by atoms with Gasteiger partial charge in [-0.25, -0.2) is 0 Å². The standard InChI is InChI=1S/C15H23NO3/c1-4-5-9-16-15(18)12(3)19-14-8-6-7-13(10-14)11(2)17/h6-8,10-12,17H,4-5,9H2,1-3H3,(H,16,18)/t11-,12?/m1/s1. The van der Waals surface area contributed by atoms with Crippen molar-refractivity contribution in [3.8, 4) is 5.75 Å². The summed E-state index contributed by atoms with van der Waals surface area (Å²) in [5, 5.41) is 12.3. The molecule has 0 spiro atoms. The van der Waals surface area contributed by atoms with Crippen LogP contribution in [0.5, 0.6) is 5.75 Å². The Labute approximate surface area is 114 Å². The second-order valence-electron chi connectivity index (χ2n) is 4.65. The molecule has 1 unspecified atom stereocenters. The third-order valence-electron chi connectivity index (χ3n) is 2.85. The molecule has 106 valence electrons. The normalized spacial score (nSPS) is 13.7. The second-order valence-corrected chi connectivity index (χ2v) is 4.65. The van der Waals surface area contributed by atoms with E-state index in [0.717, 1.165) is 18.4 Å². The summed E-state index contributed by atoms with van der Waals surface area (Å²) >= 11 is 0. The van der Waals surface area contributed by atoms with Gasteiger partial charge in [0, 0.05) is 6.54 Å². The summed E-state index contributed by atoms with van der Waals surface area (Å²) in [4.78, 5) is 11.8. The fraction of sp³-hybridized carbons (Fsp3) is 0.533. The monoisotopic (exact) mass is 265 g/mol. The molecule has 0 radical (unpaired) electrons. The average Bonchev–Trinajstić information content (AvgIpc) is 2.39. The molecular formula is C15H23NO3. The molecular weight excluding hydrogens is 242 g/mol. The van der Waals surface area contributed by atoms with Gasteiger partial charge in [0.15, 0.2) is 6.10 Å². The maximum Gasteiger partial charge on any atom is 0.260 e. The maximum atomic E-state index is 11.8. The highest BCUT2D eigenvalue weighted by Gasteiger charge is 2.14. The predicted octanol–water partition coefficient (Wildman–Crippen LogP) is 2.42. The average molecular weight is 265 g/mol. The smallest absolute Gasteiger partial charge is 0.260 e. The van der Waals surface area contributed by atoms with E-state index in [1.807, 2.05) is 6.07 Å². The van der Waals surface area contributed by atoms with Gasteiger partial charge < -0.3 is 15.2 Å². The Morgan fingerprint density at radius 1 is 1.42 bits per heavy atom. The molecule has 2 atom stereocenters. The van der Waals surface area contributed by atoms with Crippen molar-refractivity contribution >= 4 is 5.91 Å². The van der Waals surface area contributed by atoms with Gasteiger partial charge in [-0.3, -0.25) is 4.79 Å². The topological polar surface area (TPSA) is 58.6 Å². The molecule has 1 amide bonds. The van der Waals surface area contributed by atoms with Crippen LogP contribution in [0, 0.1) is 0 Å². The molecule has 0 aliphatic rings. The van der Waals surface area contributed by atoms with Gasteiger partial charge in [-0.05, 0) is 38.0 Å². The van der Waals surface area contributed by atoms with Crippen molar-refractivity contribution in [1.29, 1.82) is 0 Å². The minimum atomic E-state index is -0.544. The zero-order valence-electron chi connectivity index (χ0n) is 11.8. The van der Waals surface area contributed by atoms with Gasteiger partial charge in [0.25, 0.3) is 5.91 Å². The van der Waals surface area contributed by atoms with Gasteiger partial charge in [0.1, 0.15) is 5.75 Å². The molecule has 0 fully saturated rings. The largest absolute Gasteiger partial charge is 0.481 e. The number of ether oxygens (including phenoxy) is 1. The SMILES string of the molecule is CCCCNC(=O)C(C)Oc1cccc([C@@H](C)O)c1. The van der Waals surface area contributed by atoms with Crippen molar-refractivity contribution in [2.45, 2.75) is 45.8 Å². The minimum absolute atomic E-state index is 0.115. The van der Waals surface area contributed by atoms with Crippen molar-refractivity contribution < 1.29 is 14.6 Å². The molecule has 0 saturated carbocycles. The molecule has 4 nitrogen and oxygen atoms in total. The quantitative estimate of drug-likeness (QED) is 0.744. The van der Waals surface area contributed by atoms with E-state index in [0.29, 0.717) is 12.3 Å². The van der Waals surface area contributed by atoms with Crippen molar-refractivity contribution in [3.05, 3.63) is 29.8 Å². The predicted molar refractivity (Wildman–Crippen MR) is 75.1 cm³/mol. The van der Waals surface area contributed by atoms with Gasteiger partial charge in [0.05, 0.1) is 6.10 Å². The van der Waals surface area contributed by atoms with Gasteiger partial charge in [0.2, 0.25) is 0 Å². The number of aliphatic hydroxyl groups is 1. The fourth-order valence-corrected chi connectivity index (χ4v) is 1.64. The number of hydrogen-bond acceptors (Lipinski definition) is 3. The zero-order valence-corrected chi connectivity index (χ0v) is 11.8. The molecule has 2 N–H and O–H groups in total. The Morgan fingerprint density at radius 2 is 2.16 bits per heavy atom. The molecule has 19 heavy (non-hydrogen) atoms. The lowest BCUT2D eigenvalue weighted by molar-refractivity contribution is -0.127. The van der Waals surface area contributed by atoms with E-state index in [2.05, 4.69) is 12.2 Å². The van der Waals surface area contributed by atoms with Crippen LogP contribution in [0.2, 0.25) is 0 Å². The first kappa shape index (κ1) is 15.5. The lowest BCUT2D eigenvalue weighted by Crippen LogP contribution is -2.36. The van der Waals surface area contributed by atoms with Gasteiger partial charge in [-0.2, -0.15) is 0 Å². The van der Waals surface area contributed by atoms with Crippen molar-refractivity contribution in [2.24, 2.45) is 0 Å². The van der Waals surface area contributed by atoms with Crippen LogP contribution in [-0.2, 0) is 4.79 Å². The number of carbonyl (C=O) groups excluding carboxylic acids is 1. The summed E-state index contributed by atoms with van der Waals surface area (Å²) < 4.78 is 5.57. The summed E-state index contributed by atoms with van der Waals surface area (Å²) in [6.45, 7) is 6.17. The Kier molecular flexibility index (Phi) is 6.36. The van der Waals surface area contributed by atoms with Crippen LogP contribution in [0.25, 0.3) is 0 Å². The number of benzene rings is 1. The van der Waals surface area contributed by atoms with Gasteiger partial charge in [-0.15, -0.1) is 0 Å². The molecule has 1 rings (SSSR count). The minimum Gasteiger partial charge on any atom is -0.481 e. The van der Waals surface area contributed by atoms with Crippen LogP contribution in [0.1, 0.15) is 45.3 Å². The maximum absolute atomic E-state index is 11.8. The molecule has 0 aromatic heterocycles. The zero-order chi connectivity index (χ0) is 14.3. The van der Waals surface area contributed by atoms with Crippen LogP contribution in [0.15, 0.2) is 24.3 Å². The molecule has 0 saturated heterocycles. The Balaban J connectivity index is 2.53. The van der Waals surface area contributed by atoms with E-state index in [9.17, 15) is 9.90 Å². The first-order valence-corrected chi connectivity index (χ1v) is 6.77. The Hall–Kier alpha value is -1.55. The number of unbranched alkanes of at least 4 members (excludes halogenated alkanes) is 1. The van der Waals surface area contributed by atoms with E-state index in [1.165, 1.54) is 0 Å². The Morgan fingerprint density at radius 3 is 2.79 bits per heavy atom. The number of carbonyl (C=O) groups is 1. The number of amides is 1. The molecule has 0 bridgehead atoms. The number of nitrogens with one attached hydrogen (secondary N) is 1. The third kappa shape index (κ3) is 5.30. The molecule has 0 aliphatic heterocycles. The van der Waals surface area contributed by atoms with Crippen LogP contribution in [0.3, 0.4) is 0 Å². The summed E-state index contributed by atoms with van der Waals surface area (Å²) in [7, 11) is 0. The third-order valence-corrected chi connectivity index (χ3v) is 2.85. The first-order valence-electron chi connectivity index (χ1n) is 6.77. The first-order chi connectivity index (χ1) is 9.04.